The molecule has 0 radical (unpaired) electrons. The topological polar surface area (TPSA) is 85.2 Å². The number of alkyl halides is 3. The van der Waals surface area contributed by atoms with Crippen molar-refractivity contribution < 1.29 is 31.9 Å². The maximum Gasteiger partial charge on any atom is 0.418 e. The molecular weight excluding hydrogens is 349 g/mol. The number of hydrazine groups is 1. The van der Waals surface area contributed by atoms with E-state index in [2.05, 4.69) is 0 Å². The smallest absolute Gasteiger partial charge is 0.418 e. The quantitative estimate of drug-likeness (QED) is 0.581. The van der Waals surface area contributed by atoms with Gasteiger partial charge in [-0.25, -0.2) is 8.78 Å². The predicted molar refractivity (Wildman–Crippen MR) is 75.3 cm³/mol. The first-order valence-corrected chi connectivity index (χ1v) is 6.49. The lowest BCUT2D eigenvalue weighted by atomic mass is 10.1. The summed E-state index contributed by atoms with van der Waals surface area (Å²) in [6, 6.07) is 5.16. The number of amides is 1. The highest BCUT2D eigenvalue weighted by molar-refractivity contribution is 5.95. The number of aromatic hydroxyl groups is 1. The largest absolute Gasteiger partial charge is 0.503 e. The van der Waals surface area contributed by atoms with Gasteiger partial charge in [0.05, 0.1) is 22.9 Å². The highest BCUT2D eigenvalue weighted by Gasteiger charge is 2.34. The van der Waals surface area contributed by atoms with E-state index in [1.165, 1.54) is 0 Å². The average molecular weight is 357 g/mol. The van der Waals surface area contributed by atoms with Crippen LogP contribution < -0.4 is 10.9 Å². The standard InChI is InChI=1S/C15H8F5N3O2/c16-10-4-8(5-11(17)13(10)24)14(25)23-22-12-2-1-7(6-21)3-9(12)15(18,19)20/h1-5,22,24H,(H,23,25). The number of nitrogens with zero attached hydrogens (tertiary/aromatic N) is 1. The van der Waals surface area contributed by atoms with E-state index in [4.69, 9.17) is 10.4 Å². The summed E-state index contributed by atoms with van der Waals surface area (Å²) >= 11 is 0. The van der Waals surface area contributed by atoms with Crippen LogP contribution in [0.5, 0.6) is 5.75 Å². The Morgan fingerprint density at radius 3 is 2.24 bits per heavy atom. The predicted octanol–water partition coefficient (Wildman–Crippen LogP) is 3.32. The lowest BCUT2D eigenvalue weighted by Crippen LogP contribution is -2.30. The molecule has 0 bridgehead atoms. The molecule has 0 fully saturated rings. The zero-order valence-electron chi connectivity index (χ0n) is 12.1. The van der Waals surface area contributed by atoms with Gasteiger partial charge in [0, 0.05) is 5.56 Å². The summed E-state index contributed by atoms with van der Waals surface area (Å²) in [7, 11) is 0. The third-order valence-electron chi connectivity index (χ3n) is 3.04. The maximum atomic E-state index is 13.2. The number of nitrogens with one attached hydrogen (secondary N) is 2. The Hall–Kier alpha value is -3.35. The van der Waals surface area contributed by atoms with Crippen molar-refractivity contribution in [2.45, 2.75) is 6.18 Å². The highest BCUT2D eigenvalue weighted by atomic mass is 19.4. The van der Waals surface area contributed by atoms with Gasteiger partial charge in [0.2, 0.25) is 0 Å². The van der Waals surface area contributed by atoms with Crippen LogP contribution in [0.2, 0.25) is 0 Å². The number of carbonyl (C=O) groups excluding carboxylic acids is 1. The van der Waals surface area contributed by atoms with Crippen LogP contribution in [0.3, 0.4) is 0 Å². The second-order valence-corrected chi connectivity index (χ2v) is 4.74. The molecule has 1 amide bonds. The number of rotatable bonds is 3. The fraction of sp³-hybridized carbons (Fsp3) is 0.0667. The summed E-state index contributed by atoms with van der Waals surface area (Å²) in [6.07, 6.45) is -4.81. The van der Waals surface area contributed by atoms with Crippen LogP contribution in [0, 0.1) is 23.0 Å². The molecule has 10 heteroatoms. The number of benzene rings is 2. The molecule has 0 unspecified atom stereocenters. The first-order valence-electron chi connectivity index (χ1n) is 6.49. The van der Waals surface area contributed by atoms with Gasteiger partial charge < -0.3 is 5.11 Å². The number of phenols is 1. The van der Waals surface area contributed by atoms with E-state index in [-0.39, 0.29) is 5.56 Å². The van der Waals surface area contributed by atoms with Gasteiger partial charge in [-0.1, -0.05) is 0 Å². The van der Waals surface area contributed by atoms with E-state index in [9.17, 15) is 26.7 Å². The Kier molecular flexibility index (Phi) is 4.78. The monoisotopic (exact) mass is 357 g/mol. The molecule has 130 valence electrons. The van der Waals surface area contributed by atoms with Crippen LogP contribution in [0.1, 0.15) is 21.5 Å². The molecule has 0 saturated heterocycles. The molecule has 5 nitrogen and oxygen atoms in total. The van der Waals surface area contributed by atoms with Gasteiger partial charge >= 0.3 is 6.18 Å². The highest BCUT2D eigenvalue weighted by Crippen LogP contribution is 2.35. The lowest BCUT2D eigenvalue weighted by molar-refractivity contribution is -0.137. The number of halogens is 5. The molecular formula is C15H8F5N3O2. The Morgan fingerprint density at radius 1 is 1.12 bits per heavy atom. The van der Waals surface area contributed by atoms with Crippen molar-refractivity contribution in [2.24, 2.45) is 0 Å². The summed E-state index contributed by atoms with van der Waals surface area (Å²) in [6.45, 7) is 0. The Morgan fingerprint density at radius 2 is 1.72 bits per heavy atom. The molecule has 3 N–H and O–H groups in total. The van der Waals surface area contributed by atoms with Crippen molar-refractivity contribution in [1.29, 1.82) is 5.26 Å². The second kappa shape index (κ2) is 6.64. The number of phenolic OH excluding ortho intramolecular Hbond substituents is 1. The Labute approximate surface area is 137 Å². The normalized spacial score (nSPS) is 10.9. The van der Waals surface area contributed by atoms with Crippen molar-refractivity contribution >= 4 is 11.6 Å². The van der Waals surface area contributed by atoms with Crippen LogP contribution in [0.4, 0.5) is 27.6 Å². The van der Waals surface area contributed by atoms with Gasteiger partial charge in [-0.2, -0.15) is 18.4 Å². The molecule has 0 atom stereocenters. The Bertz CT molecular complexity index is 851. The summed E-state index contributed by atoms with van der Waals surface area (Å²) < 4.78 is 65.3. The molecule has 0 saturated carbocycles. The van der Waals surface area contributed by atoms with Crippen LogP contribution in [-0.2, 0) is 6.18 Å². The van der Waals surface area contributed by atoms with Gasteiger partial charge in [0.1, 0.15) is 0 Å². The van der Waals surface area contributed by atoms with Crippen LogP contribution in [-0.4, -0.2) is 11.0 Å². The second-order valence-electron chi connectivity index (χ2n) is 4.74. The number of hydrogen-bond donors (Lipinski definition) is 3. The maximum absolute atomic E-state index is 13.2. The molecule has 25 heavy (non-hydrogen) atoms. The van der Waals surface area contributed by atoms with E-state index in [1.54, 1.807) is 6.07 Å². The molecule has 0 aliphatic heterocycles. The van der Waals surface area contributed by atoms with Gasteiger partial charge in [-0.15, -0.1) is 0 Å². The van der Waals surface area contributed by atoms with Gasteiger partial charge in [0.15, 0.2) is 17.4 Å². The van der Waals surface area contributed by atoms with Gasteiger partial charge in [-0.3, -0.25) is 15.6 Å². The molecule has 2 aromatic carbocycles. The fourth-order valence-electron chi connectivity index (χ4n) is 1.85. The number of anilines is 1. The van der Waals surface area contributed by atoms with E-state index in [0.717, 1.165) is 12.1 Å². The van der Waals surface area contributed by atoms with Crippen molar-refractivity contribution in [2.75, 3.05) is 5.43 Å². The Balaban J connectivity index is 2.24. The zero-order valence-corrected chi connectivity index (χ0v) is 12.1. The van der Waals surface area contributed by atoms with Crippen molar-refractivity contribution in [3.8, 4) is 11.8 Å². The molecule has 2 aromatic rings. The SMILES string of the molecule is N#Cc1ccc(NNC(=O)c2cc(F)c(O)c(F)c2)c(C(F)(F)F)c1. The minimum absolute atomic E-state index is 0.244. The molecule has 0 aliphatic carbocycles. The van der Waals surface area contributed by atoms with E-state index in [1.807, 2.05) is 10.9 Å². The lowest BCUT2D eigenvalue weighted by Gasteiger charge is -2.15. The minimum Gasteiger partial charge on any atom is -0.503 e. The molecule has 0 spiro atoms. The number of carbonyl (C=O) groups is 1. The van der Waals surface area contributed by atoms with Gasteiger partial charge in [-0.05, 0) is 30.3 Å². The zero-order chi connectivity index (χ0) is 18.8. The first kappa shape index (κ1) is 18.0. The summed E-state index contributed by atoms with van der Waals surface area (Å²) in [5, 5.41) is 17.6. The van der Waals surface area contributed by atoms with Crippen LogP contribution in [0.15, 0.2) is 30.3 Å². The number of nitriles is 1. The third-order valence-corrected chi connectivity index (χ3v) is 3.04. The summed E-state index contributed by atoms with van der Waals surface area (Å²) in [5.74, 6) is -5.23. The van der Waals surface area contributed by atoms with Gasteiger partial charge in [0.25, 0.3) is 5.91 Å². The van der Waals surface area contributed by atoms with Crippen molar-refractivity contribution in [3.63, 3.8) is 0 Å². The van der Waals surface area contributed by atoms with Crippen molar-refractivity contribution in [3.05, 3.63) is 58.7 Å². The fourth-order valence-corrected chi connectivity index (χ4v) is 1.85. The van der Waals surface area contributed by atoms with Crippen LogP contribution >= 0.6 is 0 Å². The van der Waals surface area contributed by atoms with E-state index >= 15 is 0 Å². The van der Waals surface area contributed by atoms with E-state index < -0.39 is 46.3 Å². The summed E-state index contributed by atoms with van der Waals surface area (Å²) in [5.41, 5.74) is 1.25. The third kappa shape index (κ3) is 3.95. The average Bonchev–Trinajstić information content (AvgIpc) is 2.56. The molecule has 2 rings (SSSR count). The summed E-state index contributed by atoms with van der Waals surface area (Å²) in [4.78, 5) is 11.8. The minimum atomic E-state index is -4.81. The van der Waals surface area contributed by atoms with E-state index in [0.29, 0.717) is 18.2 Å². The molecule has 0 aromatic heterocycles. The molecule has 0 heterocycles. The van der Waals surface area contributed by atoms with Crippen LogP contribution in [0.25, 0.3) is 0 Å². The van der Waals surface area contributed by atoms with Crippen molar-refractivity contribution in [1.82, 2.24) is 5.43 Å². The molecule has 0 aliphatic rings. The first-order chi connectivity index (χ1) is 11.6. The number of hydrogen-bond acceptors (Lipinski definition) is 4.